The Morgan fingerprint density at radius 2 is 2.09 bits per heavy atom. The second-order valence-corrected chi connectivity index (χ2v) is 8.43. The summed E-state index contributed by atoms with van der Waals surface area (Å²) in [6.07, 6.45) is 6.49. The van der Waals surface area contributed by atoms with Gasteiger partial charge in [0, 0.05) is 28.8 Å². The molecule has 4 nitrogen and oxygen atoms in total. The molecular formula is C17H17NO3S2. The van der Waals surface area contributed by atoms with Crippen LogP contribution in [0.5, 0.6) is 0 Å². The number of rotatable bonds is 6. The number of anilines is 1. The minimum Gasteiger partial charge on any atom is -0.307 e. The Hall–Kier alpha value is -2.10. The molecule has 6 heteroatoms. The van der Waals surface area contributed by atoms with E-state index in [-0.39, 0.29) is 18.1 Å². The van der Waals surface area contributed by atoms with Crippen molar-refractivity contribution in [1.29, 1.82) is 0 Å². The van der Waals surface area contributed by atoms with Gasteiger partial charge in [-0.2, -0.15) is 0 Å². The van der Waals surface area contributed by atoms with Crippen LogP contribution in [0.2, 0.25) is 0 Å². The molecule has 0 radical (unpaired) electrons. The number of carbonyl (C=O) groups excluding carboxylic acids is 1. The Bertz CT molecular complexity index is 818. The number of sulfone groups is 1. The molecular weight excluding hydrogens is 330 g/mol. The molecule has 0 aliphatic carbocycles. The Morgan fingerprint density at radius 3 is 2.70 bits per heavy atom. The molecule has 1 amide bonds. The second-order valence-electron chi connectivity index (χ2n) is 5.13. The van der Waals surface area contributed by atoms with Crippen molar-refractivity contribution in [2.24, 2.45) is 0 Å². The van der Waals surface area contributed by atoms with E-state index in [2.05, 4.69) is 5.92 Å². The zero-order chi connectivity index (χ0) is 16.9. The van der Waals surface area contributed by atoms with Gasteiger partial charge in [-0.1, -0.05) is 18.1 Å². The molecule has 1 aromatic carbocycles. The van der Waals surface area contributed by atoms with Gasteiger partial charge in [0.15, 0.2) is 0 Å². The van der Waals surface area contributed by atoms with Crippen LogP contribution in [0.15, 0.2) is 41.8 Å². The van der Waals surface area contributed by atoms with E-state index in [1.165, 1.54) is 0 Å². The number of terminal acetylenes is 1. The highest BCUT2D eigenvalue weighted by molar-refractivity contribution is 7.90. The van der Waals surface area contributed by atoms with Gasteiger partial charge in [-0.25, -0.2) is 8.42 Å². The summed E-state index contributed by atoms with van der Waals surface area (Å²) >= 11 is 1.54. The molecule has 0 atom stereocenters. The average Bonchev–Trinajstić information content (AvgIpc) is 3.03. The number of hydrogen-bond donors (Lipinski definition) is 0. The number of amides is 1. The monoisotopic (exact) mass is 347 g/mol. The van der Waals surface area contributed by atoms with Gasteiger partial charge in [-0.3, -0.25) is 4.79 Å². The lowest BCUT2D eigenvalue weighted by Crippen LogP contribution is -2.31. The summed E-state index contributed by atoms with van der Waals surface area (Å²) in [7, 11) is -3.19. The molecule has 0 saturated heterocycles. The average molecular weight is 347 g/mol. The lowest BCUT2D eigenvalue weighted by molar-refractivity contribution is -0.118. The van der Waals surface area contributed by atoms with Crippen LogP contribution in [-0.2, 0) is 21.2 Å². The fourth-order valence-corrected chi connectivity index (χ4v) is 3.29. The minimum atomic E-state index is -3.19. The lowest BCUT2D eigenvalue weighted by atomic mass is 10.2. The molecule has 0 saturated carbocycles. The summed E-state index contributed by atoms with van der Waals surface area (Å²) in [5.74, 6) is 2.14. The Kier molecular flexibility index (Phi) is 5.59. The van der Waals surface area contributed by atoms with Crippen LogP contribution in [-0.4, -0.2) is 26.3 Å². The van der Waals surface area contributed by atoms with Crippen molar-refractivity contribution in [2.45, 2.75) is 13.0 Å². The van der Waals surface area contributed by atoms with Crippen LogP contribution in [0.25, 0.3) is 0 Å². The number of hydrogen-bond acceptors (Lipinski definition) is 4. The normalized spacial score (nSPS) is 11.0. The number of carbonyl (C=O) groups is 1. The van der Waals surface area contributed by atoms with Crippen LogP contribution in [0.1, 0.15) is 16.9 Å². The molecule has 1 heterocycles. The SMILES string of the molecule is C#Cc1cccc(N(Cc2cccs2)C(=O)CCS(C)(=O)=O)c1. The highest BCUT2D eigenvalue weighted by Crippen LogP contribution is 2.22. The maximum absolute atomic E-state index is 12.5. The molecule has 2 rings (SSSR count). The van der Waals surface area contributed by atoms with E-state index in [4.69, 9.17) is 6.42 Å². The summed E-state index contributed by atoms with van der Waals surface area (Å²) in [5.41, 5.74) is 1.35. The van der Waals surface area contributed by atoms with E-state index in [0.29, 0.717) is 17.8 Å². The summed E-state index contributed by atoms with van der Waals surface area (Å²) < 4.78 is 22.6. The van der Waals surface area contributed by atoms with Crippen molar-refractivity contribution in [3.63, 3.8) is 0 Å². The highest BCUT2D eigenvalue weighted by atomic mass is 32.2. The van der Waals surface area contributed by atoms with Crippen LogP contribution in [0.4, 0.5) is 5.69 Å². The van der Waals surface area contributed by atoms with E-state index in [1.54, 1.807) is 40.5 Å². The Labute approximate surface area is 140 Å². The van der Waals surface area contributed by atoms with E-state index in [0.717, 1.165) is 11.1 Å². The maximum Gasteiger partial charge on any atom is 0.228 e. The number of benzene rings is 1. The highest BCUT2D eigenvalue weighted by Gasteiger charge is 2.18. The zero-order valence-electron chi connectivity index (χ0n) is 12.7. The van der Waals surface area contributed by atoms with Gasteiger partial charge in [0.2, 0.25) is 5.91 Å². The topological polar surface area (TPSA) is 54.5 Å². The van der Waals surface area contributed by atoms with Crippen molar-refractivity contribution in [3.05, 3.63) is 52.2 Å². The summed E-state index contributed by atoms with van der Waals surface area (Å²) in [6, 6.07) is 11.0. The van der Waals surface area contributed by atoms with Crippen LogP contribution < -0.4 is 4.90 Å². The molecule has 0 unspecified atom stereocenters. The first kappa shape index (κ1) is 17.3. The summed E-state index contributed by atoms with van der Waals surface area (Å²) in [4.78, 5) is 15.1. The summed E-state index contributed by atoms with van der Waals surface area (Å²) in [6.45, 7) is 0.397. The smallest absolute Gasteiger partial charge is 0.228 e. The molecule has 0 spiro atoms. The van der Waals surface area contributed by atoms with E-state index >= 15 is 0 Å². The molecule has 0 bridgehead atoms. The Balaban J connectivity index is 2.27. The minimum absolute atomic E-state index is 0.0511. The molecule has 120 valence electrons. The van der Waals surface area contributed by atoms with Gasteiger partial charge in [0.25, 0.3) is 0 Å². The third-order valence-corrected chi connectivity index (χ3v) is 5.01. The van der Waals surface area contributed by atoms with Gasteiger partial charge < -0.3 is 4.90 Å². The number of nitrogens with zero attached hydrogens (tertiary/aromatic N) is 1. The molecule has 23 heavy (non-hydrogen) atoms. The fraction of sp³-hybridized carbons (Fsp3) is 0.235. The van der Waals surface area contributed by atoms with Crippen molar-refractivity contribution < 1.29 is 13.2 Å². The van der Waals surface area contributed by atoms with Gasteiger partial charge in [-0.05, 0) is 29.6 Å². The second kappa shape index (κ2) is 7.44. The van der Waals surface area contributed by atoms with Crippen LogP contribution in [0, 0.1) is 12.3 Å². The van der Waals surface area contributed by atoms with Crippen molar-refractivity contribution in [2.75, 3.05) is 16.9 Å². The van der Waals surface area contributed by atoms with E-state index in [9.17, 15) is 13.2 Å². The largest absolute Gasteiger partial charge is 0.307 e. The maximum atomic E-state index is 12.5. The first-order chi connectivity index (χ1) is 10.9. The fourth-order valence-electron chi connectivity index (χ4n) is 2.05. The predicted molar refractivity (Wildman–Crippen MR) is 94.2 cm³/mol. The van der Waals surface area contributed by atoms with E-state index in [1.807, 2.05) is 17.5 Å². The van der Waals surface area contributed by atoms with Crippen LogP contribution >= 0.6 is 11.3 Å². The molecule has 1 aromatic heterocycles. The van der Waals surface area contributed by atoms with Gasteiger partial charge in [-0.15, -0.1) is 17.8 Å². The third-order valence-electron chi connectivity index (χ3n) is 3.21. The molecule has 0 fully saturated rings. The standard InChI is InChI=1S/C17H17NO3S2/c1-3-14-6-4-7-15(12-14)18(13-16-8-5-10-22-16)17(19)9-11-23(2,20)21/h1,4-8,10,12H,9,11,13H2,2H3. The molecule has 0 aliphatic rings. The molecule has 0 N–H and O–H groups in total. The van der Waals surface area contributed by atoms with Gasteiger partial charge in [0.05, 0.1) is 12.3 Å². The predicted octanol–water partition coefficient (Wildman–Crippen LogP) is 2.70. The van der Waals surface area contributed by atoms with Gasteiger partial charge in [0.1, 0.15) is 9.84 Å². The van der Waals surface area contributed by atoms with Gasteiger partial charge >= 0.3 is 0 Å². The molecule has 0 aliphatic heterocycles. The van der Waals surface area contributed by atoms with Crippen molar-refractivity contribution in [1.82, 2.24) is 0 Å². The summed E-state index contributed by atoms with van der Waals surface area (Å²) in [5, 5.41) is 1.94. The Morgan fingerprint density at radius 1 is 1.30 bits per heavy atom. The van der Waals surface area contributed by atoms with Crippen molar-refractivity contribution >= 4 is 32.8 Å². The molecule has 2 aromatic rings. The van der Waals surface area contributed by atoms with Crippen molar-refractivity contribution in [3.8, 4) is 12.3 Å². The van der Waals surface area contributed by atoms with E-state index < -0.39 is 9.84 Å². The van der Waals surface area contributed by atoms with Crippen LogP contribution in [0.3, 0.4) is 0 Å². The quantitative estimate of drug-likeness (QED) is 0.755. The third kappa shape index (κ3) is 5.23. The first-order valence-corrected chi connectivity index (χ1v) is 9.90. The lowest BCUT2D eigenvalue weighted by Gasteiger charge is -2.22. The first-order valence-electron chi connectivity index (χ1n) is 6.96. The number of thiophene rings is 1. The zero-order valence-corrected chi connectivity index (χ0v) is 14.4.